The highest BCUT2D eigenvalue weighted by molar-refractivity contribution is 6.32. The predicted octanol–water partition coefficient (Wildman–Crippen LogP) is 5.35. The Morgan fingerprint density at radius 1 is 1.10 bits per heavy atom. The lowest BCUT2D eigenvalue weighted by molar-refractivity contribution is 0.240. The van der Waals surface area contributed by atoms with Crippen LogP contribution in [0.2, 0.25) is 5.02 Å². The lowest BCUT2D eigenvalue weighted by atomic mass is 9.83. The minimum Gasteiger partial charge on any atom is -0.371 e. The van der Waals surface area contributed by atoms with Crippen molar-refractivity contribution in [3.8, 4) is 0 Å². The highest BCUT2D eigenvalue weighted by atomic mass is 35.5. The SMILES string of the molecule is CCc1cc2c(cc1Cl)NC(=NCc1ccc3ccccc3n1)C1(CCN(C)CC1)N2. The molecule has 1 saturated heterocycles. The van der Waals surface area contributed by atoms with E-state index in [1.165, 1.54) is 5.56 Å². The molecule has 2 aromatic carbocycles. The number of hydrogen-bond acceptors (Lipinski definition) is 4. The van der Waals surface area contributed by atoms with Gasteiger partial charge in [0.1, 0.15) is 5.84 Å². The zero-order valence-electron chi connectivity index (χ0n) is 18.1. The lowest BCUT2D eigenvalue weighted by Crippen LogP contribution is -2.58. The van der Waals surface area contributed by atoms with Crippen molar-refractivity contribution in [3.63, 3.8) is 0 Å². The van der Waals surface area contributed by atoms with Gasteiger partial charge < -0.3 is 15.5 Å². The number of halogens is 1. The molecular formula is C25H28ClN5. The van der Waals surface area contributed by atoms with E-state index in [0.29, 0.717) is 6.54 Å². The topological polar surface area (TPSA) is 52.6 Å². The average Bonchev–Trinajstić information content (AvgIpc) is 2.79. The van der Waals surface area contributed by atoms with Crippen molar-refractivity contribution in [2.45, 2.75) is 38.3 Å². The van der Waals surface area contributed by atoms with Gasteiger partial charge >= 0.3 is 0 Å². The molecule has 2 N–H and O–H groups in total. The highest BCUT2D eigenvalue weighted by Crippen LogP contribution is 2.39. The summed E-state index contributed by atoms with van der Waals surface area (Å²) in [5.41, 5.74) is 5.08. The number of piperidine rings is 1. The van der Waals surface area contributed by atoms with E-state index in [1.54, 1.807) is 0 Å². The number of aliphatic imine (C=N–C) groups is 1. The van der Waals surface area contributed by atoms with Gasteiger partial charge in [-0.25, -0.2) is 0 Å². The van der Waals surface area contributed by atoms with Gasteiger partial charge in [-0.05, 0) is 56.1 Å². The second-order valence-electron chi connectivity index (χ2n) is 8.64. The van der Waals surface area contributed by atoms with Crippen LogP contribution in [-0.4, -0.2) is 41.4 Å². The van der Waals surface area contributed by atoms with Gasteiger partial charge in [-0.3, -0.25) is 9.98 Å². The van der Waals surface area contributed by atoms with Gasteiger partial charge in [0.2, 0.25) is 0 Å². The molecule has 3 aromatic rings. The standard InChI is InChI=1S/C25H28ClN5/c1-3-17-14-23-22(15-20(17)26)29-24(25(30-23)10-12-31(2)13-11-25)27-16-19-9-8-18-6-4-5-7-21(18)28-19/h4-9,14-15,30H,3,10-13,16H2,1-2H3,(H,27,29). The van der Waals surface area contributed by atoms with E-state index >= 15 is 0 Å². The molecule has 160 valence electrons. The van der Waals surface area contributed by atoms with Crippen molar-refractivity contribution in [1.82, 2.24) is 9.88 Å². The van der Waals surface area contributed by atoms with E-state index in [0.717, 1.165) is 71.2 Å². The van der Waals surface area contributed by atoms with Crippen LogP contribution in [0.5, 0.6) is 0 Å². The van der Waals surface area contributed by atoms with Crippen molar-refractivity contribution in [3.05, 3.63) is 64.8 Å². The Labute approximate surface area is 188 Å². The van der Waals surface area contributed by atoms with Crippen molar-refractivity contribution >= 4 is 39.7 Å². The molecular weight excluding hydrogens is 406 g/mol. The maximum Gasteiger partial charge on any atom is 0.127 e. The van der Waals surface area contributed by atoms with Gasteiger partial charge in [0.15, 0.2) is 0 Å². The molecule has 0 bridgehead atoms. The number of anilines is 2. The largest absolute Gasteiger partial charge is 0.371 e. The first kappa shape index (κ1) is 20.3. The Hall–Kier alpha value is -2.63. The monoisotopic (exact) mass is 433 g/mol. The van der Waals surface area contributed by atoms with Crippen LogP contribution in [0, 0.1) is 0 Å². The van der Waals surface area contributed by atoms with Crippen LogP contribution in [0.4, 0.5) is 11.4 Å². The minimum absolute atomic E-state index is 0.185. The van der Waals surface area contributed by atoms with E-state index < -0.39 is 0 Å². The number of benzene rings is 2. The van der Waals surface area contributed by atoms with Crippen LogP contribution in [0.3, 0.4) is 0 Å². The van der Waals surface area contributed by atoms with Crippen LogP contribution in [0.25, 0.3) is 10.9 Å². The Morgan fingerprint density at radius 3 is 2.71 bits per heavy atom. The molecule has 2 aliphatic rings. The van der Waals surface area contributed by atoms with Crippen molar-refractivity contribution < 1.29 is 0 Å². The molecule has 0 aliphatic carbocycles. The minimum atomic E-state index is -0.185. The van der Waals surface area contributed by atoms with Crippen LogP contribution in [0.1, 0.15) is 31.0 Å². The van der Waals surface area contributed by atoms with E-state index in [4.69, 9.17) is 21.6 Å². The first-order valence-electron chi connectivity index (χ1n) is 11.0. The molecule has 3 heterocycles. The molecule has 0 amide bonds. The van der Waals surface area contributed by atoms with E-state index in [2.05, 4.69) is 59.8 Å². The molecule has 31 heavy (non-hydrogen) atoms. The Bertz CT molecular complexity index is 1150. The molecule has 0 atom stereocenters. The molecule has 1 fully saturated rings. The van der Waals surface area contributed by atoms with Crippen molar-refractivity contribution in [2.24, 2.45) is 4.99 Å². The number of nitrogens with zero attached hydrogens (tertiary/aromatic N) is 3. The number of aromatic nitrogens is 1. The maximum atomic E-state index is 6.51. The number of fused-ring (bicyclic) bond motifs is 2. The summed E-state index contributed by atoms with van der Waals surface area (Å²) in [6.07, 6.45) is 2.92. The fourth-order valence-corrected chi connectivity index (χ4v) is 4.87. The molecule has 2 aliphatic heterocycles. The number of nitrogens with one attached hydrogen (secondary N) is 2. The molecule has 5 nitrogen and oxygen atoms in total. The summed E-state index contributed by atoms with van der Waals surface area (Å²) < 4.78 is 0. The highest BCUT2D eigenvalue weighted by Gasteiger charge is 2.42. The smallest absolute Gasteiger partial charge is 0.127 e. The molecule has 5 rings (SSSR count). The van der Waals surface area contributed by atoms with Gasteiger partial charge in [-0.1, -0.05) is 42.8 Å². The molecule has 0 radical (unpaired) electrons. The van der Waals surface area contributed by atoms with Gasteiger partial charge in [0.25, 0.3) is 0 Å². The summed E-state index contributed by atoms with van der Waals surface area (Å²) in [5.74, 6) is 0.989. The van der Waals surface area contributed by atoms with Gasteiger partial charge in [0.05, 0.1) is 34.7 Å². The number of para-hydroxylation sites is 1. The Morgan fingerprint density at radius 2 is 1.90 bits per heavy atom. The van der Waals surface area contributed by atoms with E-state index in [1.807, 2.05) is 18.2 Å². The third-order valence-electron chi connectivity index (χ3n) is 6.54. The fraction of sp³-hybridized carbons (Fsp3) is 0.360. The predicted molar refractivity (Wildman–Crippen MR) is 130 cm³/mol. The number of aryl methyl sites for hydroxylation is 1. The third-order valence-corrected chi connectivity index (χ3v) is 6.90. The van der Waals surface area contributed by atoms with Crippen LogP contribution >= 0.6 is 11.6 Å². The van der Waals surface area contributed by atoms with E-state index in [9.17, 15) is 0 Å². The second-order valence-corrected chi connectivity index (χ2v) is 9.05. The summed E-state index contributed by atoms with van der Waals surface area (Å²) >= 11 is 6.51. The fourth-order valence-electron chi connectivity index (χ4n) is 4.57. The zero-order chi connectivity index (χ0) is 21.4. The molecule has 6 heteroatoms. The summed E-state index contributed by atoms with van der Waals surface area (Å²) in [4.78, 5) is 12.2. The molecule has 1 spiro atoms. The van der Waals surface area contributed by atoms with Crippen LogP contribution in [-0.2, 0) is 13.0 Å². The van der Waals surface area contributed by atoms with Gasteiger partial charge in [-0.15, -0.1) is 0 Å². The summed E-state index contributed by atoms with van der Waals surface area (Å²) in [6, 6.07) is 16.6. The summed E-state index contributed by atoms with van der Waals surface area (Å²) in [5, 5.41) is 9.43. The normalized spacial score (nSPS) is 19.3. The van der Waals surface area contributed by atoms with Gasteiger partial charge in [0, 0.05) is 23.5 Å². The first-order valence-corrected chi connectivity index (χ1v) is 11.4. The number of likely N-dealkylation sites (tertiary alicyclic amines) is 1. The molecule has 0 saturated carbocycles. The number of hydrogen-bond donors (Lipinski definition) is 2. The number of rotatable bonds is 3. The quantitative estimate of drug-likeness (QED) is 0.584. The van der Waals surface area contributed by atoms with Crippen LogP contribution in [0.15, 0.2) is 53.5 Å². The van der Waals surface area contributed by atoms with Gasteiger partial charge in [-0.2, -0.15) is 0 Å². The first-order chi connectivity index (χ1) is 15.1. The maximum absolute atomic E-state index is 6.51. The van der Waals surface area contributed by atoms with Crippen LogP contribution < -0.4 is 10.6 Å². The number of pyridine rings is 1. The molecule has 1 aromatic heterocycles. The Balaban J connectivity index is 1.50. The zero-order valence-corrected chi connectivity index (χ0v) is 18.8. The number of amidine groups is 1. The summed E-state index contributed by atoms with van der Waals surface area (Å²) in [7, 11) is 2.18. The second kappa shape index (κ2) is 8.13. The molecule has 0 unspecified atom stereocenters. The van der Waals surface area contributed by atoms with Crippen molar-refractivity contribution in [1.29, 1.82) is 0 Å². The average molecular weight is 434 g/mol. The Kier molecular flexibility index (Phi) is 5.32. The van der Waals surface area contributed by atoms with E-state index in [-0.39, 0.29) is 5.54 Å². The van der Waals surface area contributed by atoms with Crippen molar-refractivity contribution in [2.75, 3.05) is 30.8 Å². The third kappa shape index (κ3) is 3.88. The lowest BCUT2D eigenvalue weighted by Gasteiger charge is -2.46. The summed E-state index contributed by atoms with van der Waals surface area (Å²) in [6.45, 7) is 4.75.